The van der Waals surface area contributed by atoms with E-state index in [0.717, 1.165) is 16.7 Å². The maximum atomic E-state index is 12.9. The lowest BCUT2D eigenvalue weighted by molar-refractivity contribution is 0.101. The van der Waals surface area contributed by atoms with E-state index in [2.05, 4.69) is 0 Å². The lowest BCUT2D eigenvalue weighted by Crippen LogP contribution is -2.00. The monoisotopic (exact) mass is 406 g/mol. The minimum atomic E-state index is -0.152. The SMILES string of the molecule is COc1ccccc1/C=C1\Oc2cc(OCc3ccccc3Cl)cc(C)c2C1=O. The van der Waals surface area contributed by atoms with Crippen LogP contribution in [0, 0.1) is 6.92 Å². The summed E-state index contributed by atoms with van der Waals surface area (Å²) >= 11 is 6.19. The molecular weight excluding hydrogens is 388 g/mol. The van der Waals surface area contributed by atoms with Gasteiger partial charge in [-0.1, -0.05) is 48.0 Å². The molecule has 1 heterocycles. The highest BCUT2D eigenvalue weighted by molar-refractivity contribution is 6.31. The van der Waals surface area contributed by atoms with E-state index in [9.17, 15) is 4.79 Å². The molecule has 146 valence electrons. The third-order valence-electron chi connectivity index (χ3n) is 4.72. The quantitative estimate of drug-likeness (QED) is 0.498. The van der Waals surface area contributed by atoms with Crippen molar-refractivity contribution in [1.29, 1.82) is 0 Å². The first kappa shape index (κ1) is 19.1. The molecule has 3 aromatic rings. The molecular formula is C24H19ClO4. The Morgan fingerprint density at radius 2 is 1.83 bits per heavy atom. The van der Waals surface area contributed by atoms with E-state index >= 15 is 0 Å². The molecule has 0 aliphatic carbocycles. The van der Waals surface area contributed by atoms with Gasteiger partial charge in [0.15, 0.2) is 5.76 Å². The number of hydrogen-bond acceptors (Lipinski definition) is 4. The summed E-state index contributed by atoms with van der Waals surface area (Å²) in [6.07, 6.45) is 1.70. The second-order valence-electron chi connectivity index (χ2n) is 6.68. The van der Waals surface area contributed by atoms with Gasteiger partial charge in [0.05, 0.1) is 12.7 Å². The van der Waals surface area contributed by atoms with Crippen LogP contribution in [0.15, 0.2) is 66.4 Å². The number of allylic oxidation sites excluding steroid dienone is 1. The fourth-order valence-electron chi connectivity index (χ4n) is 3.26. The van der Waals surface area contributed by atoms with Gasteiger partial charge in [0.1, 0.15) is 23.9 Å². The van der Waals surface area contributed by atoms with Crippen molar-refractivity contribution in [3.05, 3.63) is 93.7 Å². The Labute approximate surface area is 174 Å². The van der Waals surface area contributed by atoms with Gasteiger partial charge >= 0.3 is 0 Å². The summed E-state index contributed by atoms with van der Waals surface area (Å²) in [7, 11) is 1.59. The zero-order valence-electron chi connectivity index (χ0n) is 16.1. The van der Waals surface area contributed by atoms with Crippen LogP contribution in [0.4, 0.5) is 0 Å². The number of methoxy groups -OCH3 is 1. The molecule has 0 radical (unpaired) electrons. The van der Waals surface area contributed by atoms with E-state index in [1.165, 1.54) is 0 Å². The first-order chi connectivity index (χ1) is 14.1. The van der Waals surface area contributed by atoms with Crippen LogP contribution in [-0.2, 0) is 6.61 Å². The van der Waals surface area contributed by atoms with Crippen LogP contribution in [0.5, 0.6) is 17.2 Å². The predicted octanol–water partition coefficient (Wildman–Crippen LogP) is 5.85. The molecule has 0 saturated heterocycles. The van der Waals surface area contributed by atoms with Crippen LogP contribution >= 0.6 is 11.6 Å². The molecule has 0 spiro atoms. The van der Waals surface area contributed by atoms with Gasteiger partial charge in [-0.3, -0.25) is 4.79 Å². The zero-order valence-corrected chi connectivity index (χ0v) is 16.8. The van der Waals surface area contributed by atoms with Gasteiger partial charge < -0.3 is 14.2 Å². The summed E-state index contributed by atoms with van der Waals surface area (Å²) in [5.41, 5.74) is 3.02. The lowest BCUT2D eigenvalue weighted by Gasteiger charge is -2.10. The van der Waals surface area contributed by atoms with Crippen molar-refractivity contribution in [2.24, 2.45) is 0 Å². The summed E-state index contributed by atoms with van der Waals surface area (Å²) in [6.45, 7) is 2.20. The standard InChI is InChI=1S/C24H19ClO4/c1-15-11-18(28-14-17-8-3-5-9-19(17)25)13-21-23(15)24(26)22(29-21)12-16-7-4-6-10-20(16)27-2/h3-13H,14H2,1-2H3/b22-12-. The molecule has 1 aliphatic rings. The molecule has 0 bridgehead atoms. The Morgan fingerprint density at radius 1 is 1.07 bits per heavy atom. The molecule has 0 atom stereocenters. The molecule has 4 nitrogen and oxygen atoms in total. The smallest absolute Gasteiger partial charge is 0.232 e. The zero-order chi connectivity index (χ0) is 20.4. The Morgan fingerprint density at radius 3 is 2.62 bits per heavy atom. The van der Waals surface area contributed by atoms with Crippen LogP contribution in [0.2, 0.25) is 5.02 Å². The Bertz CT molecular complexity index is 1120. The van der Waals surface area contributed by atoms with Gasteiger partial charge in [0, 0.05) is 22.2 Å². The molecule has 0 fully saturated rings. The highest BCUT2D eigenvalue weighted by Crippen LogP contribution is 2.38. The molecule has 0 N–H and O–H groups in total. The molecule has 4 rings (SSSR count). The summed E-state index contributed by atoms with van der Waals surface area (Å²) < 4.78 is 17.1. The van der Waals surface area contributed by atoms with E-state index in [4.69, 9.17) is 25.8 Å². The third-order valence-corrected chi connectivity index (χ3v) is 5.09. The molecule has 0 unspecified atom stereocenters. The van der Waals surface area contributed by atoms with Gasteiger partial charge in [-0.25, -0.2) is 0 Å². The fourth-order valence-corrected chi connectivity index (χ4v) is 3.45. The minimum Gasteiger partial charge on any atom is -0.496 e. The van der Waals surface area contributed by atoms with Crippen molar-refractivity contribution in [1.82, 2.24) is 0 Å². The highest BCUT2D eigenvalue weighted by Gasteiger charge is 2.30. The number of aryl methyl sites for hydroxylation is 1. The van der Waals surface area contributed by atoms with Gasteiger partial charge in [0.2, 0.25) is 5.78 Å². The van der Waals surface area contributed by atoms with E-state index in [0.29, 0.717) is 34.4 Å². The van der Waals surface area contributed by atoms with Crippen LogP contribution in [0.3, 0.4) is 0 Å². The molecule has 0 aromatic heterocycles. The highest BCUT2D eigenvalue weighted by atomic mass is 35.5. The molecule has 29 heavy (non-hydrogen) atoms. The summed E-state index contributed by atoms with van der Waals surface area (Å²) in [4.78, 5) is 12.9. The number of benzene rings is 3. The van der Waals surface area contributed by atoms with Gasteiger partial charge in [-0.05, 0) is 36.8 Å². The number of rotatable bonds is 5. The van der Waals surface area contributed by atoms with Crippen molar-refractivity contribution in [3.63, 3.8) is 0 Å². The summed E-state index contributed by atoms with van der Waals surface area (Å²) in [5.74, 6) is 1.89. The number of ether oxygens (including phenoxy) is 3. The number of para-hydroxylation sites is 1. The Kier molecular flexibility index (Phi) is 5.28. The normalized spacial score (nSPS) is 13.9. The number of hydrogen-bond donors (Lipinski definition) is 0. The average Bonchev–Trinajstić information content (AvgIpc) is 3.03. The van der Waals surface area contributed by atoms with Crippen molar-refractivity contribution in [2.75, 3.05) is 7.11 Å². The van der Waals surface area contributed by atoms with Crippen molar-refractivity contribution < 1.29 is 19.0 Å². The van der Waals surface area contributed by atoms with E-state index in [1.807, 2.05) is 61.5 Å². The van der Waals surface area contributed by atoms with Gasteiger partial charge in [-0.2, -0.15) is 0 Å². The first-order valence-corrected chi connectivity index (χ1v) is 9.52. The lowest BCUT2D eigenvalue weighted by atomic mass is 10.0. The van der Waals surface area contributed by atoms with E-state index in [-0.39, 0.29) is 11.5 Å². The predicted molar refractivity (Wildman–Crippen MR) is 113 cm³/mol. The summed E-state index contributed by atoms with van der Waals surface area (Å²) in [5, 5.41) is 0.652. The van der Waals surface area contributed by atoms with Crippen LogP contribution < -0.4 is 14.2 Å². The van der Waals surface area contributed by atoms with E-state index in [1.54, 1.807) is 19.3 Å². The number of carbonyl (C=O) groups is 1. The number of carbonyl (C=O) groups excluding carboxylic acids is 1. The second-order valence-corrected chi connectivity index (χ2v) is 7.08. The van der Waals surface area contributed by atoms with Crippen LogP contribution in [-0.4, -0.2) is 12.9 Å². The minimum absolute atomic E-state index is 0.152. The number of halogens is 1. The maximum absolute atomic E-state index is 12.9. The Balaban J connectivity index is 1.60. The van der Waals surface area contributed by atoms with Crippen LogP contribution in [0.1, 0.15) is 27.0 Å². The number of Topliss-reactive ketones (excluding diaryl/α,β-unsaturated/α-hetero) is 1. The average molecular weight is 407 g/mol. The fraction of sp³-hybridized carbons (Fsp3) is 0.125. The maximum Gasteiger partial charge on any atom is 0.232 e. The molecule has 5 heteroatoms. The largest absolute Gasteiger partial charge is 0.496 e. The topological polar surface area (TPSA) is 44.8 Å². The summed E-state index contributed by atoms with van der Waals surface area (Å²) in [6, 6.07) is 18.6. The second kappa shape index (κ2) is 8.02. The van der Waals surface area contributed by atoms with Crippen molar-refractivity contribution in [3.8, 4) is 17.2 Å². The number of fused-ring (bicyclic) bond motifs is 1. The van der Waals surface area contributed by atoms with Crippen molar-refractivity contribution >= 4 is 23.5 Å². The first-order valence-electron chi connectivity index (χ1n) is 9.15. The van der Waals surface area contributed by atoms with Crippen LogP contribution in [0.25, 0.3) is 6.08 Å². The molecule has 1 aliphatic heterocycles. The van der Waals surface area contributed by atoms with Gasteiger partial charge in [-0.15, -0.1) is 0 Å². The molecule has 3 aromatic carbocycles. The third kappa shape index (κ3) is 3.84. The van der Waals surface area contributed by atoms with E-state index < -0.39 is 0 Å². The van der Waals surface area contributed by atoms with Gasteiger partial charge in [0.25, 0.3) is 0 Å². The van der Waals surface area contributed by atoms with Crippen molar-refractivity contribution in [2.45, 2.75) is 13.5 Å². The Hall–Kier alpha value is -3.24. The number of ketones is 1. The molecule has 0 amide bonds. The molecule has 0 saturated carbocycles.